The van der Waals surface area contributed by atoms with E-state index in [1.807, 2.05) is 0 Å². The molecule has 0 aliphatic rings. The zero-order valence-corrected chi connectivity index (χ0v) is 12.3. The van der Waals surface area contributed by atoms with Crippen LogP contribution in [0.1, 0.15) is 26.7 Å². The lowest BCUT2D eigenvalue weighted by atomic mass is 9.88. The van der Waals surface area contributed by atoms with Crippen LogP contribution in [-0.2, 0) is 10.8 Å². The maximum Gasteiger partial charge on any atom is 0.141 e. The molecule has 0 radical (unpaired) electrons. The van der Waals surface area contributed by atoms with Gasteiger partial charge in [0.05, 0.1) is 15.8 Å². The second-order valence-electron chi connectivity index (χ2n) is 5.10. The molecule has 0 aliphatic heterocycles. The van der Waals surface area contributed by atoms with Gasteiger partial charge in [-0.15, -0.1) is 0 Å². The SMILES string of the molecule is CC(C)(CN)CCCS(=O)c1ccc(F)c(Cl)c1. The molecule has 1 aromatic carbocycles. The van der Waals surface area contributed by atoms with Crippen molar-refractivity contribution < 1.29 is 8.60 Å². The lowest BCUT2D eigenvalue weighted by Crippen LogP contribution is -2.23. The molecular formula is C13H19ClFNOS. The quantitative estimate of drug-likeness (QED) is 0.873. The van der Waals surface area contributed by atoms with E-state index < -0.39 is 16.6 Å². The van der Waals surface area contributed by atoms with Crippen LogP contribution < -0.4 is 5.73 Å². The summed E-state index contributed by atoms with van der Waals surface area (Å²) in [6.07, 6.45) is 1.75. The smallest absolute Gasteiger partial charge is 0.141 e. The normalized spacial score (nSPS) is 13.6. The summed E-state index contributed by atoms with van der Waals surface area (Å²) in [5, 5.41) is 0.0168. The predicted molar refractivity (Wildman–Crippen MR) is 74.8 cm³/mol. The average Bonchev–Trinajstić information content (AvgIpc) is 2.32. The van der Waals surface area contributed by atoms with Gasteiger partial charge in [-0.1, -0.05) is 25.4 Å². The zero-order valence-electron chi connectivity index (χ0n) is 10.7. The van der Waals surface area contributed by atoms with Crippen molar-refractivity contribution in [1.29, 1.82) is 0 Å². The Kier molecular flexibility index (Phi) is 5.76. The molecule has 2 N–H and O–H groups in total. The Bertz CT molecular complexity index is 437. The minimum absolute atomic E-state index is 0.0168. The highest BCUT2D eigenvalue weighted by Crippen LogP contribution is 2.22. The van der Waals surface area contributed by atoms with Gasteiger partial charge in [-0.2, -0.15) is 0 Å². The topological polar surface area (TPSA) is 43.1 Å². The summed E-state index contributed by atoms with van der Waals surface area (Å²) in [4.78, 5) is 0.576. The lowest BCUT2D eigenvalue weighted by molar-refractivity contribution is 0.344. The van der Waals surface area contributed by atoms with Gasteiger partial charge in [-0.3, -0.25) is 4.21 Å². The molecule has 1 aromatic rings. The monoisotopic (exact) mass is 291 g/mol. The fraction of sp³-hybridized carbons (Fsp3) is 0.538. The van der Waals surface area contributed by atoms with Crippen LogP contribution in [0.25, 0.3) is 0 Å². The summed E-state index contributed by atoms with van der Waals surface area (Å²) < 4.78 is 25.0. The number of benzene rings is 1. The maximum absolute atomic E-state index is 13.0. The van der Waals surface area contributed by atoms with Gasteiger partial charge in [0.25, 0.3) is 0 Å². The van der Waals surface area contributed by atoms with Gasteiger partial charge < -0.3 is 5.73 Å². The van der Waals surface area contributed by atoms with E-state index in [2.05, 4.69) is 13.8 Å². The minimum Gasteiger partial charge on any atom is -0.330 e. The summed E-state index contributed by atoms with van der Waals surface area (Å²) in [6.45, 7) is 4.79. The molecule has 0 spiro atoms. The van der Waals surface area contributed by atoms with Crippen LogP contribution >= 0.6 is 11.6 Å². The molecule has 2 nitrogen and oxygen atoms in total. The van der Waals surface area contributed by atoms with Crippen LogP contribution in [0.3, 0.4) is 0 Å². The molecule has 18 heavy (non-hydrogen) atoms. The molecule has 0 amide bonds. The minimum atomic E-state index is -1.13. The van der Waals surface area contributed by atoms with Crippen LogP contribution in [0.4, 0.5) is 4.39 Å². The Labute approximate surface area is 115 Å². The van der Waals surface area contributed by atoms with Gasteiger partial charge in [0, 0.05) is 10.6 Å². The van der Waals surface area contributed by atoms with Crippen molar-refractivity contribution in [2.75, 3.05) is 12.3 Å². The molecule has 1 atom stereocenters. The second kappa shape index (κ2) is 6.64. The van der Waals surface area contributed by atoms with E-state index in [9.17, 15) is 8.60 Å². The number of nitrogens with two attached hydrogens (primary N) is 1. The molecule has 102 valence electrons. The standard InChI is InChI=1S/C13H19ClFNOS/c1-13(2,9-16)6-3-7-18(17)10-4-5-12(15)11(14)8-10/h4-5,8H,3,6-7,9,16H2,1-2H3. The Morgan fingerprint density at radius 3 is 2.67 bits per heavy atom. The van der Waals surface area contributed by atoms with E-state index in [1.54, 1.807) is 0 Å². The molecule has 0 saturated heterocycles. The molecule has 0 bridgehead atoms. The third-order valence-corrected chi connectivity index (χ3v) is 4.62. The molecule has 5 heteroatoms. The summed E-state index contributed by atoms with van der Waals surface area (Å²) >= 11 is 5.66. The maximum atomic E-state index is 13.0. The average molecular weight is 292 g/mol. The highest BCUT2D eigenvalue weighted by molar-refractivity contribution is 7.85. The van der Waals surface area contributed by atoms with Gasteiger partial charge in [0.1, 0.15) is 5.82 Å². The Balaban J connectivity index is 2.53. The summed E-state index contributed by atoms with van der Waals surface area (Å²) in [5.74, 6) is 0.0625. The Morgan fingerprint density at radius 2 is 2.11 bits per heavy atom. The van der Waals surface area contributed by atoms with Crippen molar-refractivity contribution >= 4 is 22.4 Å². The van der Waals surface area contributed by atoms with E-state index in [1.165, 1.54) is 18.2 Å². The van der Waals surface area contributed by atoms with E-state index in [4.69, 9.17) is 17.3 Å². The first-order valence-corrected chi connectivity index (χ1v) is 7.59. The van der Waals surface area contributed by atoms with E-state index in [0.29, 0.717) is 17.2 Å². The van der Waals surface area contributed by atoms with Gasteiger partial charge in [-0.25, -0.2) is 4.39 Å². The Hall–Kier alpha value is -0.450. The molecule has 1 rings (SSSR count). The first kappa shape index (κ1) is 15.6. The van der Waals surface area contributed by atoms with Gasteiger partial charge in [0.15, 0.2) is 0 Å². The van der Waals surface area contributed by atoms with Gasteiger partial charge in [-0.05, 0) is 43.0 Å². The van der Waals surface area contributed by atoms with E-state index in [0.717, 1.165) is 12.8 Å². The van der Waals surface area contributed by atoms with Crippen molar-refractivity contribution in [2.24, 2.45) is 11.1 Å². The fourth-order valence-corrected chi connectivity index (χ4v) is 2.88. The predicted octanol–water partition coefficient (Wildman–Crippen LogP) is 3.35. The third kappa shape index (κ3) is 4.67. The molecule has 0 saturated carbocycles. The van der Waals surface area contributed by atoms with Crippen LogP contribution in [0.15, 0.2) is 23.1 Å². The number of hydrogen-bond acceptors (Lipinski definition) is 2. The van der Waals surface area contributed by atoms with Crippen molar-refractivity contribution in [3.8, 4) is 0 Å². The van der Waals surface area contributed by atoms with Crippen molar-refractivity contribution in [1.82, 2.24) is 0 Å². The zero-order chi connectivity index (χ0) is 13.8. The number of halogens is 2. The summed E-state index contributed by atoms with van der Waals surface area (Å²) in [6, 6.07) is 4.20. The van der Waals surface area contributed by atoms with Crippen molar-refractivity contribution in [3.63, 3.8) is 0 Å². The summed E-state index contributed by atoms with van der Waals surface area (Å²) in [7, 11) is -1.13. The van der Waals surface area contributed by atoms with Crippen LogP contribution in [0, 0.1) is 11.2 Å². The molecule has 0 aliphatic carbocycles. The first-order chi connectivity index (χ1) is 8.35. The highest BCUT2D eigenvalue weighted by Gasteiger charge is 2.16. The Morgan fingerprint density at radius 1 is 1.44 bits per heavy atom. The summed E-state index contributed by atoms with van der Waals surface area (Å²) in [5.41, 5.74) is 5.71. The van der Waals surface area contributed by atoms with E-state index >= 15 is 0 Å². The number of rotatable bonds is 6. The van der Waals surface area contributed by atoms with Crippen molar-refractivity contribution in [2.45, 2.75) is 31.6 Å². The van der Waals surface area contributed by atoms with Crippen LogP contribution in [0.2, 0.25) is 5.02 Å². The third-order valence-electron chi connectivity index (χ3n) is 2.89. The first-order valence-electron chi connectivity index (χ1n) is 5.89. The van der Waals surface area contributed by atoms with Gasteiger partial charge in [0.2, 0.25) is 0 Å². The van der Waals surface area contributed by atoms with Crippen molar-refractivity contribution in [3.05, 3.63) is 29.0 Å². The highest BCUT2D eigenvalue weighted by atomic mass is 35.5. The van der Waals surface area contributed by atoms with Crippen LogP contribution in [0.5, 0.6) is 0 Å². The molecule has 0 heterocycles. The molecule has 0 aromatic heterocycles. The fourth-order valence-electron chi connectivity index (χ4n) is 1.52. The lowest BCUT2D eigenvalue weighted by Gasteiger charge is -2.21. The van der Waals surface area contributed by atoms with Crippen LogP contribution in [-0.4, -0.2) is 16.5 Å². The van der Waals surface area contributed by atoms with E-state index in [-0.39, 0.29) is 10.4 Å². The second-order valence-corrected chi connectivity index (χ2v) is 7.08. The molecule has 0 fully saturated rings. The molecule has 1 unspecified atom stereocenters. The van der Waals surface area contributed by atoms with Gasteiger partial charge >= 0.3 is 0 Å². The molecular weight excluding hydrogens is 273 g/mol. The number of hydrogen-bond donors (Lipinski definition) is 1. The largest absolute Gasteiger partial charge is 0.330 e.